The second-order valence-corrected chi connectivity index (χ2v) is 9.50. The van der Waals surface area contributed by atoms with Crippen LogP contribution in [0.4, 0.5) is 0 Å². The molecule has 2 heterocycles. The van der Waals surface area contributed by atoms with Gasteiger partial charge >= 0.3 is 0 Å². The highest BCUT2D eigenvalue weighted by atomic mass is 35.5. The molecule has 7 heteroatoms. The molecule has 0 spiro atoms. The Balaban J connectivity index is 1.74. The van der Waals surface area contributed by atoms with Crippen molar-refractivity contribution >= 4 is 27.1 Å². The fourth-order valence-electron chi connectivity index (χ4n) is 3.37. The number of benzene rings is 2. The molecule has 0 unspecified atom stereocenters. The van der Waals surface area contributed by atoms with E-state index in [1.807, 2.05) is 47.0 Å². The van der Waals surface area contributed by atoms with Gasteiger partial charge in [-0.3, -0.25) is 4.40 Å². The van der Waals surface area contributed by atoms with Crippen LogP contribution in [0.25, 0.3) is 16.9 Å². The topological polar surface area (TPSA) is 60.7 Å². The molecule has 4 aromatic rings. The molecule has 0 amide bonds. The van der Waals surface area contributed by atoms with Crippen molar-refractivity contribution in [3.8, 4) is 22.8 Å². The number of rotatable bonds is 6. The van der Waals surface area contributed by atoms with E-state index in [-0.39, 0.29) is 10.6 Å². The van der Waals surface area contributed by atoms with E-state index >= 15 is 0 Å². The van der Waals surface area contributed by atoms with Crippen molar-refractivity contribution < 1.29 is 13.2 Å². The first-order valence-electron chi connectivity index (χ1n) is 9.69. The standard InChI is InChI=1S/C23H21ClN2O3S/c1-3-21-22(26-13-7-12-20(24)23(26)25-21)16-8-5-9-17(14-16)29-18-10-6-11-19(15-18)30(27,28)4-2/h5-15H,3-4H2,1-2H3. The minimum absolute atomic E-state index is 0.0442. The van der Waals surface area contributed by atoms with Crippen molar-refractivity contribution in [2.45, 2.75) is 25.2 Å². The summed E-state index contributed by atoms with van der Waals surface area (Å²) in [4.78, 5) is 4.95. The summed E-state index contributed by atoms with van der Waals surface area (Å²) in [5, 5.41) is 0.597. The number of nitrogens with zero attached hydrogens (tertiary/aromatic N) is 2. The van der Waals surface area contributed by atoms with Crippen LogP contribution in [0.2, 0.25) is 5.02 Å². The van der Waals surface area contributed by atoms with Crippen molar-refractivity contribution in [2.24, 2.45) is 0 Å². The van der Waals surface area contributed by atoms with Gasteiger partial charge in [-0.2, -0.15) is 0 Å². The van der Waals surface area contributed by atoms with Crippen molar-refractivity contribution in [3.63, 3.8) is 0 Å². The SMILES string of the molecule is CCc1nc2c(Cl)cccn2c1-c1cccc(Oc2cccc(S(=O)(=O)CC)c2)c1. The first-order valence-corrected chi connectivity index (χ1v) is 11.7. The summed E-state index contributed by atoms with van der Waals surface area (Å²) in [5.74, 6) is 1.12. The molecule has 0 N–H and O–H groups in total. The van der Waals surface area contributed by atoms with Gasteiger partial charge in [0, 0.05) is 11.8 Å². The van der Waals surface area contributed by atoms with Gasteiger partial charge in [0.05, 0.1) is 27.1 Å². The predicted molar refractivity (Wildman–Crippen MR) is 119 cm³/mol. The molecule has 0 saturated heterocycles. The number of fused-ring (bicyclic) bond motifs is 1. The number of aromatic nitrogens is 2. The van der Waals surface area contributed by atoms with E-state index in [1.54, 1.807) is 31.2 Å². The third-order valence-corrected chi connectivity index (χ3v) is 6.92. The van der Waals surface area contributed by atoms with Gasteiger partial charge in [0.1, 0.15) is 11.5 Å². The van der Waals surface area contributed by atoms with Crippen LogP contribution in [0.15, 0.2) is 71.8 Å². The number of aryl methyl sites for hydroxylation is 1. The molecule has 0 radical (unpaired) electrons. The summed E-state index contributed by atoms with van der Waals surface area (Å²) >= 11 is 6.33. The van der Waals surface area contributed by atoms with Crippen LogP contribution >= 0.6 is 11.6 Å². The summed E-state index contributed by atoms with van der Waals surface area (Å²) in [6, 6.07) is 17.9. The Labute approximate surface area is 180 Å². The highest BCUT2D eigenvalue weighted by Gasteiger charge is 2.16. The third-order valence-electron chi connectivity index (χ3n) is 4.90. The van der Waals surface area contributed by atoms with Crippen LogP contribution in [0.5, 0.6) is 11.5 Å². The minimum Gasteiger partial charge on any atom is -0.457 e. The van der Waals surface area contributed by atoms with Crippen LogP contribution in [0.1, 0.15) is 19.5 Å². The third kappa shape index (κ3) is 3.80. The Kier molecular flexibility index (Phi) is 5.54. The van der Waals surface area contributed by atoms with E-state index in [2.05, 4.69) is 6.92 Å². The molecule has 0 aliphatic heterocycles. The summed E-state index contributed by atoms with van der Waals surface area (Å²) < 4.78 is 32.3. The first kappa shape index (κ1) is 20.4. The lowest BCUT2D eigenvalue weighted by atomic mass is 10.1. The van der Waals surface area contributed by atoms with E-state index < -0.39 is 9.84 Å². The van der Waals surface area contributed by atoms with Crippen LogP contribution in [-0.4, -0.2) is 23.6 Å². The molecule has 0 aliphatic carbocycles. The fraction of sp³-hybridized carbons (Fsp3) is 0.174. The Morgan fingerprint density at radius 2 is 1.73 bits per heavy atom. The Hall–Kier alpha value is -2.83. The maximum Gasteiger partial charge on any atom is 0.178 e. The van der Waals surface area contributed by atoms with Gasteiger partial charge in [0.15, 0.2) is 15.5 Å². The van der Waals surface area contributed by atoms with Gasteiger partial charge in [-0.15, -0.1) is 0 Å². The predicted octanol–water partition coefficient (Wildman–Crippen LogP) is 5.80. The van der Waals surface area contributed by atoms with E-state index in [4.69, 9.17) is 21.3 Å². The number of ether oxygens (including phenoxy) is 1. The molecule has 2 aromatic heterocycles. The summed E-state index contributed by atoms with van der Waals surface area (Å²) in [6.45, 7) is 3.68. The lowest BCUT2D eigenvalue weighted by molar-refractivity contribution is 0.481. The molecule has 0 bridgehead atoms. The van der Waals surface area contributed by atoms with Crippen molar-refractivity contribution in [1.29, 1.82) is 0 Å². The Morgan fingerprint density at radius 1 is 1.00 bits per heavy atom. The zero-order valence-electron chi connectivity index (χ0n) is 16.7. The van der Waals surface area contributed by atoms with Crippen molar-refractivity contribution in [1.82, 2.24) is 9.38 Å². The number of halogens is 1. The van der Waals surface area contributed by atoms with Crippen molar-refractivity contribution in [2.75, 3.05) is 5.75 Å². The highest BCUT2D eigenvalue weighted by Crippen LogP contribution is 2.32. The molecule has 4 rings (SSSR count). The van der Waals surface area contributed by atoms with E-state index in [1.165, 1.54) is 0 Å². The monoisotopic (exact) mass is 440 g/mol. The van der Waals surface area contributed by atoms with E-state index in [0.717, 1.165) is 29.0 Å². The molecule has 0 saturated carbocycles. The first-order chi connectivity index (χ1) is 14.4. The van der Waals surface area contributed by atoms with Gasteiger partial charge in [-0.05, 0) is 48.9 Å². The highest BCUT2D eigenvalue weighted by molar-refractivity contribution is 7.91. The molecule has 5 nitrogen and oxygen atoms in total. The van der Waals surface area contributed by atoms with E-state index in [9.17, 15) is 8.42 Å². The molecule has 0 fully saturated rings. The Bertz CT molecular complexity index is 1330. The van der Waals surface area contributed by atoms with Gasteiger partial charge in [0.2, 0.25) is 0 Å². The van der Waals surface area contributed by atoms with Gasteiger partial charge in [-0.1, -0.05) is 43.6 Å². The zero-order valence-corrected chi connectivity index (χ0v) is 18.2. The number of pyridine rings is 1. The quantitative estimate of drug-likeness (QED) is 0.380. The number of sulfone groups is 1. The lowest BCUT2D eigenvalue weighted by Crippen LogP contribution is -2.03. The number of hydrogen-bond acceptors (Lipinski definition) is 4. The molecule has 30 heavy (non-hydrogen) atoms. The van der Waals surface area contributed by atoms with Gasteiger partial charge in [-0.25, -0.2) is 13.4 Å². The van der Waals surface area contributed by atoms with Crippen LogP contribution in [0, 0.1) is 0 Å². The molecular weight excluding hydrogens is 420 g/mol. The van der Waals surface area contributed by atoms with Gasteiger partial charge in [0.25, 0.3) is 0 Å². The molecule has 0 atom stereocenters. The molecule has 0 aliphatic rings. The second-order valence-electron chi connectivity index (χ2n) is 6.82. The number of hydrogen-bond donors (Lipinski definition) is 0. The van der Waals surface area contributed by atoms with Crippen LogP contribution in [-0.2, 0) is 16.3 Å². The average Bonchev–Trinajstić information content (AvgIpc) is 3.14. The van der Waals surface area contributed by atoms with E-state index in [0.29, 0.717) is 16.5 Å². The molecule has 2 aromatic carbocycles. The maximum atomic E-state index is 12.2. The van der Waals surface area contributed by atoms with Crippen molar-refractivity contribution in [3.05, 3.63) is 77.6 Å². The summed E-state index contributed by atoms with van der Waals surface area (Å²) in [7, 11) is -3.30. The smallest absolute Gasteiger partial charge is 0.178 e. The maximum absolute atomic E-state index is 12.2. The molecule has 154 valence electrons. The fourth-order valence-corrected chi connectivity index (χ4v) is 4.50. The molecular formula is C23H21ClN2O3S. The lowest BCUT2D eigenvalue weighted by Gasteiger charge is -2.10. The number of imidazole rings is 1. The minimum atomic E-state index is -3.30. The normalized spacial score (nSPS) is 11.7. The largest absolute Gasteiger partial charge is 0.457 e. The zero-order chi connectivity index (χ0) is 21.3. The second kappa shape index (κ2) is 8.13. The Morgan fingerprint density at radius 3 is 2.47 bits per heavy atom. The van der Waals surface area contributed by atoms with Gasteiger partial charge < -0.3 is 4.74 Å². The van der Waals surface area contributed by atoms with Crippen LogP contribution in [0.3, 0.4) is 0 Å². The average molecular weight is 441 g/mol. The summed E-state index contributed by atoms with van der Waals surface area (Å²) in [5.41, 5.74) is 3.56. The van der Waals surface area contributed by atoms with Crippen LogP contribution < -0.4 is 4.74 Å². The summed E-state index contributed by atoms with van der Waals surface area (Å²) in [6.07, 6.45) is 2.70.